The van der Waals surface area contributed by atoms with Gasteiger partial charge in [-0.25, -0.2) is 0 Å². The van der Waals surface area contributed by atoms with Crippen LogP contribution in [0.4, 0.5) is 5.69 Å². The molecule has 0 bridgehead atoms. The number of aryl methyl sites for hydroxylation is 2. The van der Waals surface area contributed by atoms with E-state index in [0.717, 1.165) is 23.2 Å². The average Bonchev–Trinajstić information content (AvgIpc) is 2.76. The van der Waals surface area contributed by atoms with Gasteiger partial charge in [-0.05, 0) is 41.9 Å². The second-order valence-corrected chi connectivity index (χ2v) is 7.73. The lowest BCUT2D eigenvalue weighted by atomic mass is 9.82. The lowest BCUT2D eigenvalue weighted by Crippen LogP contribution is -2.16. The van der Waals surface area contributed by atoms with Gasteiger partial charge >= 0.3 is 0 Å². The minimum Gasteiger partial charge on any atom is -0.356 e. The van der Waals surface area contributed by atoms with Crippen LogP contribution in [0.1, 0.15) is 61.5 Å². The van der Waals surface area contributed by atoms with Crippen molar-refractivity contribution >= 4 is 11.6 Å². The zero-order valence-corrected chi connectivity index (χ0v) is 15.1. The van der Waals surface area contributed by atoms with Crippen LogP contribution in [-0.2, 0) is 7.05 Å². The quantitative estimate of drug-likeness (QED) is 0.834. The fraction of sp³-hybridized carbons (Fsp3) is 0.450. The summed E-state index contributed by atoms with van der Waals surface area (Å²) in [6, 6.07) is 8.12. The first-order valence-corrected chi connectivity index (χ1v) is 8.20. The maximum absolute atomic E-state index is 12.6. The van der Waals surface area contributed by atoms with Crippen LogP contribution in [0.25, 0.3) is 0 Å². The van der Waals surface area contributed by atoms with E-state index in [1.54, 1.807) is 0 Å². The normalized spacial score (nSPS) is 13.0. The number of carbonyl (C=O) groups is 1. The minimum atomic E-state index is -0.0430. The van der Waals surface area contributed by atoms with Crippen LogP contribution in [0.3, 0.4) is 0 Å². The summed E-state index contributed by atoms with van der Waals surface area (Å²) in [5, 5.41) is 3.10. The van der Waals surface area contributed by atoms with Crippen LogP contribution in [-0.4, -0.2) is 10.5 Å². The Kier molecular flexibility index (Phi) is 4.98. The maximum atomic E-state index is 12.6. The molecule has 1 unspecified atom stereocenters. The smallest absolute Gasteiger partial charge is 0.257 e. The van der Waals surface area contributed by atoms with E-state index < -0.39 is 0 Å². The second-order valence-electron chi connectivity index (χ2n) is 7.73. The molecule has 1 amide bonds. The van der Waals surface area contributed by atoms with E-state index in [9.17, 15) is 4.79 Å². The van der Waals surface area contributed by atoms with Crippen LogP contribution in [0, 0.1) is 12.3 Å². The number of anilines is 1. The van der Waals surface area contributed by atoms with Crippen LogP contribution >= 0.6 is 0 Å². The summed E-state index contributed by atoms with van der Waals surface area (Å²) in [7, 11) is 1.93. The van der Waals surface area contributed by atoms with Gasteiger partial charge in [-0.3, -0.25) is 4.79 Å². The molecule has 0 saturated heterocycles. The summed E-state index contributed by atoms with van der Waals surface area (Å²) in [6.45, 7) is 10.9. The molecule has 3 nitrogen and oxygen atoms in total. The maximum Gasteiger partial charge on any atom is 0.257 e. The molecule has 23 heavy (non-hydrogen) atoms. The summed E-state index contributed by atoms with van der Waals surface area (Å²) >= 11 is 0. The van der Waals surface area contributed by atoms with Crippen molar-refractivity contribution in [2.45, 2.75) is 47.0 Å². The highest BCUT2D eigenvalue weighted by Gasteiger charge is 2.20. The molecule has 0 aliphatic rings. The Morgan fingerprint density at radius 3 is 2.43 bits per heavy atom. The summed E-state index contributed by atoms with van der Waals surface area (Å²) in [5.41, 5.74) is 4.09. The third kappa shape index (κ3) is 4.47. The number of amides is 1. The highest BCUT2D eigenvalue weighted by molar-refractivity contribution is 6.05. The first-order valence-electron chi connectivity index (χ1n) is 8.20. The fourth-order valence-electron chi connectivity index (χ4n) is 3.21. The molecule has 1 aromatic carbocycles. The lowest BCUT2D eigenvalue weighted by Gasteiger charge is -2.25. The van der Waals surface area contributed by atoms with E-state index in [2.05, 4.69) is 39.1 Å². The van der Waals surface area contributed by atoms with E-state index in [0.29, 0.717) is 5.92 Å². The molecule has 3 heteroatoms. The van der Waals surface area contributed by atoms with Crippen molar-refractivity contribution in [1.29, 1.82) is 0 Å². The van der Waals surface area contributed by atoms with Crippen LogP contribution in [0.15, 0.2) is 36.7 Å². The summed E-state index contributed by atoms with van der Waals surface area (Å²) < 4.78 is 1.92. The van der Waals surface area contributed by atoms with E-state index in [-0.39, 0.29) is 11.3 Å². The number of carbonyl (C=O) groups excluding carboxylic acids is 1. The summed E-state index contributed by atoms with van der Waals surface area (Å²) in [5.74, 6) is 0.349. The Morgan fingerprint density at radius 2 is 1.87 bits per heavy atom. The number of hydrogen-bond donors (Lipinski definition) is 1. The lowest BCUT2D eigenvalue weighted by molar-refractivity contribution is 0.102. The van der Waals surface area contributed by atoms with E-state index in [4.69, 9.17) is 0 Å². The Morgan fingerprint density at radius 1 is 1.22 bits per heavy atom. The molecule has 124 valence electrons. The molecule has 0 spiro atoms. The van der Waals surface area contributed by atoms with E-state index >= 15 is 0 Å². The van der Waals surface area contributed by atoms with Gasteiger partial charge in [0.25, 0.3) is 5.91 Å². The van der Waals surface area contributed by atoms with Crippen LogP contribution in [0.2, 0.25) is 0 Å². The largest absolute Gasteiger partial charge is 0.356 e. The highest BCUT2D eigenvalue weighted by atomic mass is 16.1. The molecule has 0 aliphatic heterocycles. The predicted octanol–water partition coefficient (Wildman–Crippen LogP) is 5.13. The number of para-hydroxylation sites is 1. The van der Waals surface area contributed by atoms with Crippen molar-refractivity contribution in [2.24, 2.45) is 12.5 Å². The van der Waals surface area contributed by atoms with Gasteiger partial charge in [0, 0.05) is 25.1 Å². The van der Waals surface area contributed by atoms with Gasteiger partial charge in [-0.1, -0.05) is 45.9 Å². The zero-order chi connectivity index (χ0) is 17.2. The Balaban J connectivity index is 2.24. The Hall–Kier alpha value is -2.03. The first-order chi connectivity index (χ1) is 10.7. The zero-order valence-electron chi connectivity index (χ0n) is 15.1. The molecule has 0 fully saturated rings. The molecular formula is C20H28N2O. The van der Waals surface area contributed by atoms with Crippen molar-refractivity contribution < 1.29 is 4.79 Å². The second kappa shape index (κ2) is 6.61. The summed E-state index contributed by atoms with van der Waals surface area (Å²) in [6.07, 6.45) is 4.90. The topological polar surface area (TPSA) is 34.0 Å². The molecule has 0 radical (unpaired) electrons. The number of aromatic nitrogens is 1. The van der Waals surface area contributed by atoms with Gasteiger partial charge in [-0.2, -0.15) is 0 Å². The Bertz CT molecular complexity index is 692. The van der Waals surface area contributed by atoms with Crippen molar-refractivity contribution in [3.63, 3.8) is 0 Å². The van der Waals surface area contributed by atoms with Crippen molar-refractivity contribution in [3.05, 3.63) is 53.3 Å². The van der Waals surface area contributed by atoms with Gasteiger partial charge in [0.05, 0.1) is 5.56 Å². The molecule has 1 heterocycles. The van der Waals surface area contributed by atoms with E-state index in [1.165, 1.54) is 5.56 Å². The highest BCUT2D eigenvalue weighted by Crippen LogP contribution is 2.34. The third-order valence-electron chi connectivity index (χ3n) is 4.06. The molecule has 0 saturated carbocycles. The number of nitrogens with one attached hydrogen (secondary N) is 1. The van der Waals surface area contributed by atoms with Gasteiger partial charge in [-0.15, -0.1) is 0 Å². The van der Waals surface area contributed by atoms with Crippen LogP contribution in [0.5, 0.6) is 0 Å². The molecule has 1 atom stereocenters. The van der Waals surface area contributed by atoms with E-state index in [1.807, 2.05) is 49.1 Å². The van der Waals surface area contributed by atoms with Gasteiger partial charge < -0.3 is 9.88 Å². The monoisotopic (exact) mass is 312 g/mol. The Labute approximate surface area is 139 Å². The van der Waals surface area contributed by atoms with Gasteiger partial charge in [0.1, 0.15) is 0 Å². The SMILES string of the molecule is Cc1cn(C)cc1C(=O)Nc1ccccc1C(C)CC(C)(C)C. The minimum absolute atomic E-state index is 0.0430. The van der Waals surface area contributed by atoms with Crippen molar-refractivity contribution in [1.82, 2.24) is 4.57 Å². The number of hydrogen-bond acceptors (Lipinski definition) is 1. The standard InChI is InChI=1S/C20H28N2O/c1-14(11-20(3,4)5)16-9-7-8-10-18(16)21-19(23)17-13-22(6)12-15(17)2/h7-10,12-14H,11H2,1-6H3,(H,21,23). The fourth-order valence-corrected chi connectivity index (χ4v) is 3.21. The molecule has 2 rings (SSSR count). The molecule has 2 aromatic rings. The van der Waals surface area contributed by atoms with Crippen LogP contribution < -0.4 is 5.32 Å². The average molecular weight is 312 g/mol. The van der Waals surface area contributed by atoms with Gasteiger partial charge in [0.2, 0.25) is 0 Å². The number of benzene rings is 1. The number of rotatable bonds is 4. The predicted molar refractivity (Wildman–Crippen MR) is 97.0 cm³/mol. The third-order valence-corrected chi connectivity index (χ3v) is 4.06. The molecule has 1 N–H and O–H groups in total. The van der Waals surface area contributed by atoms with Crippen molar-refractivity contribution in [3.8, 4) is 0 Å². The molecule has 1 aromatic heterocycles. The van der Waals surface area contributed by atoms with Gasteiger partial charge in [0.15, 0.2) is 0 Å². The van der Waals surface area contributed by atoms with Crippen molar-refractivity contribution in [2.75, 3.05) is 5.32 Å². The summed E-state index contributed by atoms with van der Waals surface area (Å²) in [4.78, 5) is 12.6. The first kappa shape index (κ1) is 17.3. The molecule has 0 aliphatic carbocycles. The molecular weight excluding hydrogens is 284 g/mol. The number of nitrogens with zero attached hydrogens (tertiary/aromatic N) is 1.